The van der Waals surface area contributed by atoms with E-state index >= 15 is 0 Å². The molecule has 0 atom stereocenters. The Morgan fingerprint density at radius 2 is 2.09 bits per heavy atom. The van der Waals surface area contributed by atoms with E-state index in [1.165, 1.54) is 19.1 Å². The molecule has 0 aliphatic heterocycles. The molecule has 2 nitrogen and oxygen atoms in total. The van der Waals surface area contributed by atoms with Crippen LogP contribution in [0.25, 0.3) is 0 Å². The molecule has 60 valence electrons. The summed E-state index contributed by atoms with van der Waals surface area (Å²) in [5.74, 6) is 0. The molecule has 11 heavy (non-hydrogen) atoms. The molecule has 0 N–H and O–H groups in total. The lowest BCUT2D eigenvalue weighted by atomic mass is 10.3. The maximum absolute atomic E-state index is 12.0. The number of aromatic nitrogens is 1. The fourth-order valence-corrected chi connectivity index (χ4v) is 0.786. The van der Waals surface area contributed by atoms with Crippen LogP contribution in [0.2, 0.25) is 0 Å². The van der Waals surface area contributed by atoms with Crippen LogP contribution in [0, 0.1) is 12.1 Å². The summed E-state index contributed by atoms with van der Waals surface area (Å²) >= 11 is 0. The molecule has 0 unspecified atom stereocenters. The molecule has 4 heteroatoms. The predicted octanol–water partition coefficient (Wildman–Crippen LogP) is 1.57. The Morgan fingerprint density at radius 1 is 1.45 bits per heavy atom. The Bertz CT molecular complexity index is 263. The van der Waals surface area contributed by atoms with E-state index < -0.39 is 12.1 Å². The van der Waals surface area contributed by atoms with Gasteiger partial charge in [-0.3, -0.25) is 0 Å². The summed E-state index contributed by atoms with van der Waals surface area (Å²) in [7, 11) is 0. The summed E-state index contributed by atoms with van der Waals surface area (Å²) < 4.78 is 24.2. The Labute approximate surface area is 62.7 Å². The lowest BCUT2D eigenvalue weighted by molar-refractivity contribution is -0.626. The normalized spacial score (nSPS) is 10.5. The highest BCUT2D eigenvalue weighted by Crippen LogP contribution is 2.13. The minimum atomic E-state index is -2.70. The Kier molecular flexibility index (Phi) is 2.03. The van der Waals surface area contributed by atoms with Crippen LogP contribution in [0.15, 0.2) is 18.2 Å². The van der Waals surface area contributed by atoms with E-state index in [1.54, 1.807) is 0 Å². The smallest absolute Gasteiger partial charge is 0.322 e. The van der Waals surface area contributed by atoms with Crippen molar-refractivity contribution >= 4 is 0 Å². The van der Waals surface area contributed by atoms with Crippen LogP contribution in [-0.4, -0.2) is 0 Å². The van der Waals surface area contributed by atoms with E-state index in [-0.39, 0.29) is 10.4 Å². The van der Waals surface area contributed by atoms with Crippen molar-refractivity contribution in [2.45, 2.75) is 13.3 Å². The second kappa shape index (κ2) is 2.82. The van der Waals surface area contributed by atoms with Crippen LogP contribution in [-0.2, 0) is 0 Å². The number of aryl methyl sites for hydroxylation is 1. The minimum absolute atomic E-state index is 0.241. The van der Waals surface area contributed by atoms with E-state index in [4.69, 9.17) is 0 Å². The molecule has 0 saturated heterocycles. The Balaban J connectivity index is 3.17. The van der Waals surface area contributed by atoms with Crippen molar-refractivity contribution in [3.63, 3.8) is 0 Å². The lowest BCUT2D eigenvalue weighted by Gasteiger charge is -2.04. The summed E-state index contributed by atoms with van der Waals surface area (Å²) in [6, 6.07) is 4.04. The van der Waals surface area contributed by atoms with Crippen LogP contribution in [0.4, 0.5) is 8.78 Å². The number of hydrogen-bond donors (Lipinski definition) is 0. The largest absolute Gasteiger partial charge is 0.618 e. The van der Waals surface area contributed by atoms with Crippen LogP contribution in [0.3, 0.4) is 0 Å². The molecule has 1 heterocycles. The summed E-state index contributed by atoms with van der Waals surface area (Å²) in [6.07, 6.45) is -2.70. The van der Waals surface area contributed by atoms with Crippen LogP contribution >= 0.6 is 0 Å². The van der Waals surface area contributed by atoms with Crippen LogP contribution < -0.4 is 4.73 Å². The second-order valence-corrected chi connectivity index (χ2v) is 2.19. The third-order valence-corrected chi connectivity index (χ3v) is 1.38. The minimum Gasteiger partial charge on any atom is -0.618 e. The van der Waals surface area contributed by atoms with Gasteiger partial charge in [0.05, 0.1) is 0 Å². The van der Waals surface area contributed by atoms with E-state index in [1.807, 2.05) is 0 Å². The summed E-state index contributed by atoms with van der Waals surface area (Å²) in [6.45, 7) is 1.48. The van der Waals surface area contributed by atoms with Gasteiger partial charge < -0.3 is 5.21 Å². The molecule has 1 rings (SSSR count). The van der Waals surface area contributed by atoms with Gasteiger partial charge in [0.2, 0.25) is 0 Å². The van der Waals surface area contributed by atoms with Gasteiger partial charge in [-0.15, -0.1) is 0 Å². The van der Waals surface area contributed by atoms with Crippen molar-refractivity contribution in [1.82, 2.24) is 0 Å². The number of pyridine rings is 1. The number of halogens is 2. The van der Waals surface area contributed by atoms with Crippen LogP contribution in [0.5, 0.6) is 0 Å². The number of alkyl halides is 2. The molecule has 0 aliphatic carbocycles. The molecule has 0 bridgehead atoms. The van der Waals surface area contributed by atoms with E-state index in [2.05, 4.69) is 0 Å². The summed E-state index contributed by atoms with van der Waals surface area (Å²) in [5, 5.41) is 10.8. The molecule has 1 aromatic heterocycles. The van der Waals surface area contributed by atoms with Gasteiger partial charge in [-0.05, 0) is 6.07 Å². The molecule has 0 amide bonds. The van der Waals surface area contributed by atoms with Gasteiger partial charge in [0.25, 0.3) is 5.69 Å². The highest BCUT2D eigenvalue weighted by atomic mass is 19.3. The second-order valence-electron chi connectivity index (χ2n) is 2.19. The number of nitrogens with zero attached hydrogens (tertiary/aromatic N) is 1. The maximum atomic E-state index is 12.0. The molecule has 0 fully saturated rings. The molecular weight excluding hydrogens is 152 g/mol. The van der Waals surface area contributed by atoms with Gasteiger partial charge in [-0.25, -0.2) is 0 Å². The van der Waals surface area contributed by atoms with Gasteiger partial charge in [-0.1, -0.05) is 0 Å². The molecule has 0 aromatic carbocycles. The van der Waals surface area contributed by atoms with Crippen molar-refractivity contribution in [3.8, 4) is 0 Å². The standard InChI is InChI=1S/C7H7F2NO/c1-5-3-2-4-6(7(8)9)10(5)11/h2-4,7H,1H3. The average molecular weight is 159 g/mol. The fourth-order valence-electron chi connectivity index (χ4n) is 0.786. The number of rotatable bonds is 1. The van der Waals surface area contributed by atoms with Crippen molar-refractivity contribution in [1.29, 1.82) is 0 Å². The highest BCUT2D eigenvalue weighted by molar-refractivity contribution is 5.03. The van der Waals surface area contributed by atoms with E-state index in [0.29, 0.717) is 0 Å². The average Bonchev–Trinajstić information content (AvgIpc) is 1.94. The third kappa shape index (κ3) is 1.45. The lowest BCUT2D eigenvalue weighted by Crippen LogP contribution is -2.35. The van der Waals surface area contributed by atoms with Gasteiger partial charge in [0.15, 0.2) is 5.69 Å². The van der Waals surface area contributed by atoms with Gasteiger partial charge in [0, 0.05) is 19.1 Å². The molecule has 1 aromatic rings. The van der Waals surface area contributed by atoms with Gasteiger partial charge in [-0.2, -0.15) is 13.5 Å². The molecule has 0 radical (unpaired) electrons. The first kappa shape index (κ1) is 7.91. The molecule has 0 spiro atoms. The summed E-state index contributed by atoms with van der Waals surface area (Å²) in [4.78, 5) is 0. The predicted molar refractivity (Wildman–Crippen MR) is 35.1 cm³/mol. The Hall–Kier alpha value is -1.19. The van der Waals surface area contributed by atoms with Crippen molar-refractivity contribution in [2.75, 3.05) is 0 Å². The van der Waals surface area contributed by atoms with Gasteiger partial charge >= 0.3 is 6.43 Å². The Morgan fingerprint density at radius 3 is 2.55 bits per heavy atom. The van der Waals surface area contributed by atoms with Crippen LogP contribution in [0.1, 0.15) is 17.8 Å². The first-order valence-electron chi connectivity index (χ1n) is 3.10. The molecule has 0 saturated carbocycles. The molecular formula is C7H7F2NO. The van der Waals surface area contributed by atoms with Crippen molar-refractivity contribution < 1.29 is 13.5 Å². The van der Waals surface area contributed by atoms with Gasteiger partial charge in [0.1, 0.15) is 0 Å². The first-order chi connectivity index (χ1) is 5.13. The third-order valence-electron chi connectivity index (χ3n) is 1.38. The van der Waals surface area contributed by atoms with E-state index in [9.17, 15) is 14.0 Å². The zero-order valence-corrected chi connectivity index (χ0v) is 5.92. The highest BCUT2D eigenvalue weighted by Gasteiger charge is 2.17. The topological polar surface area (TPSA) is 26.9 Å². The number of hydrogen-bond acceptors (Lipinski definition) is 1. The molecule has 0 aliphatic rings. The fraction of sp³-hybridized carbons (Fsp3) is 0.286. The quantitative estimate of drug-likeness (QED) is 0.451. The monoisotopic (exact) mass is 159 g/mol. The zero-order chi connectivity index (χ0) is 8.43. The van der Waals surface area contributed by atoms with Crippen molar-refractivity contribution in [2.24, 2.45) is 0 Å². The van der Waals surface area contributed by atoms with E-state index in [0.717, 1.165) is 6.07 Å². The summed E-state index contributed by atoms with van der Waals surface area (Å²) in [5.41, 5.74) is -0.215. The maximum Gasteiger partial charge on any atom is 0.322 e. The first-order valence-corrected chi connectivity index (χ1v) is 3.10. The SMILES string of the molecule is Cc1cccc(C(F)F)[n+]1[O-]. The van der Waals surface area contributed by atoms with Crippen molar-refractivity contribution in [3.05, 3.63) is 34.8 Å². The zero-order valence-electron chi connectivity index (χ0n) is 5.92.